The summed E-state index contributed by atoms with van der Waals surface area (Å²) in [6.45, 7) is 1.69. The number of ether oxygens (including phenoxy) is 2. The zero-order valence-corrected chi connectivity index (χ0v) is 10.2. The van der Waals surface area contributed by atoms with Crippen molar-refractivity contribution in [3.05, 3.63) is 12.2 Å². The molecular weight excluding hydrogens is 244 g/mol. The SMILES string of the molecule is BrC/C=C/CCCOC1CCCCO1. The lowest BCUT2D eigenvalue weighted by molar-refractivity contribution is -0.162. The summed E-state index contributed by atoms with van der Waals surface area (Å²) in [5.41, 5.74) is 0. The first-order valence-electron chi connectivity index (χ1n) is 5.37. The fraction of sp³-hybridized carbons (Fsp3) is 0.818. The highest BCUT2D eigenvalue weighted by Crippen LogP contribution is 2.13. The predicted octanol–water partition coefficient (Wildman–Crippen LogP) is 3.26. The van der Waals surface area contributed by atoms with E-state index in [1.54, 1.807) is 0 Å². The molecule has 0 radical (unpaired) electrons. The van der Waals surface area contributed by atoms with Crippen LogP contribution in [0.1, 0.15) is 32.1 Å². The molecule has 1 rings (SSSR count). The molecule has 0 saturated carbocycles. The zero-order chi connectivity index (χ0) is 10.1. The molecule has 82 valence electrons. The molecule has 0 aromatic carbocycles. The molecule has 1 unspecified atom stereocenters. The minimum atomic E-state index is 0.0731. The third kappa shape index (κ3) is 5.78. The van der Waals surface area contributed by atoms with Gasteiger partial charge in [-0.1, -0.05) is 28.1 Å². The van der Waals surface area contributed by atoms with Crippen LogP contribution in [-0.2, 0) is 9.47 Å². The number of halogens is 1. The van der Waals surface area contributed by atoms with Crippen molar-refractivity contribution >= 4 is 15.9 Å². The van der Waals surface area contributed by atoms with E-state index in [2.05, 4.69) is 28.1 Å². The van der Waals surface area contributed by atoms with Gasteiger partial charge in [0, 0.05) is 11.9 Å². The van der Waals surface area contributed by atoms with E-state index in [9.17, 15) is 0 Å². The van der Waals surface area contributed by atoms with Gasteiger partial charge in [-0.15, -0.1) is 0 Å². The van der Waals surface area contributed by atoms with E-state index in [1.807, 2.05) is 0 Å². The number of hydrogen-bond donors (Lipinski definition) is 0. The second kappa shape index (κ2) is 8.45. The lowest BCUT2D eigenvalue weighted by atomic mass is 10.2. The monoisotopic (exact) mass is 262 g/mol. The molecule has 14 heavy (non-hydrogen) atoms. The van der Waals surface area contributed by atoms with Crippen molar-refractivity contribution < 1.29 is 9.47 Å². The van der Waals surface area contributed by atoms with Gasteiger partial charge in [0.05, 0.1) is 6.61 Å². The Labute approximate surface area is 94.8 Å². The molecule has 0 spiro atoms. The molecule has 0 aromatic heterocycles. The van der Waals surface area contributed by atoms with E-state index >= 15 is 0 Å². The van der Waals surface area contributed by atoms with Crippen molar-refractivity contribution in [3.8, 4) is 0 Å². The van der Waals surface area contributed by atoms with Crippen LogP contribution in [0.2, 0.25) is 0 Å². The molecule has 1 heterocycles. The highest BCUT2D eigenvalue weighted by Gasteiger charge is 2.12. The smallest absolute Gasteiger partial charge is 0.157 e. The number of hydrogen-bond acceptors (Lipinski definition) is 2. The maximum absolute atomic E-state index is 5.60. The Morgan fingerprint density at radius 2 is 2.29 bits per heavy atom. The van der Waals surface area contributed by atoms with Gasteiger partial charge in [0.15, 0.2) is 6.29 Å². The summed E-state index contributed by atoms with van der Waals surface area (Å²) in [6.07, 6.45) is 10.1. The van der Waals surface area contributed by atoms with Crippen molar-refractivity contribution in [2.75, 3.05) is 18.5 Å². The fourth-order valence-corrected chi connectivity index (χ4v) is 1.70. The molecule has 1 aliphatic rings. The van der Waals surface area contributed by atoms with Crippen LogP contribution in [0.15, 0.2) is 12.2 Å². The van der Waals surface area contributed by atoms with E-state index in [0.717, 1.165) is 37.8 Å². The molecule has 0 aromatic rings. The minimum Gasteiger partial charge on any atom is -0.353 e. The van der Waals surface area contributed by atoms with Crippen molar-refractivity contribution in [2.24, 2.45) is 0 Å². The predicted molar refractivity (Wildman–Crippen MR) is 61.7 cm³/mol. The van der Waals surface area contributed by atoms with Crippen LogP contribution in [0.5, 0.6) is 0 Å². The lowest BCUT2D eigenvalue weighted by Crippen LogP contribution is -2.22. The van der Waals surface area contributed by atoms with E-state index in [-0.39, 0.29) is 6.29 Å². The Balaban J connectivity index is 1.89. The number of alkyl halides is 1. The average Bonchev–Trinajstić information content (AvgIpc) is 2.25. The van der Waals surface area contributed by atoms with Crippen molar-refractivity contribution in [1.29, 1.82) is 0 Å². The van der Waals surface area contributed by atoms with Crippen LogP contribution >= 0.6 is 15.9 Å². The minimum absolute atomic E-state index is 0.0731. The van der Waals surface area contributed by atoms with Crippen molar-refractivity contribution in [3.63, 3.8) is 0 Å². The molecule has 0 N–H and O–H groups in total. The molecule has 2 nitrogen and oxygen atoms in total. The number of rotatable bonds is 6. The maximum Gasteiger partial charge on any atom is 0.157 e. The van der Waals surface area contributed by atoms with Gasteiger partial charge < -0.3 is 9.47 Å². The van der Waals surface area contributed by atoms with E-state index < -0.39 is 0 Å². The van der Waals surface area contributed by atoms with Gasteiger partial charge in [-0.3, -0.25) is 0 Å². The fourth-order valence-electron chi connectivity index (χ4n) is 1.44. The highest BCUT2D eigenvalue weighted by atomic mass is 79.9. The van der Waals surface area contributed by atoms with Crippen LogP contribution in [0.25, 0.3) is 0 Å². The lowest BCUT2D eigenvalue weighted by Gasteiger charge is -2.22. The molecule has 1 atom stereocenters. The van der Waals surface area contributed by atoms with Crippen molar-refractivity contribution in [2.45, 2.75) is 38.4 Å². The first-order chi connectivity index (χ1) is 6.93. The third-order valence-electron chi connectivity index (χ3n) is 2.21. The largest absolute Gasteiger partial charge is 0.353 e. The maximum atomic E-state index is 5.60. The second-order valence-corrected chi connectivity index (χ2v) is 4.08. The summed E-state index contributed by atoms with van der Waals surface area (Å²) in [5.74, 6) is 0. The summed E-state index contributed by atoms with van der Waals surface area (Å²) < 4.78 is 11.1. The normalized spacial score (nSPS) is 23.1. The third-order valence-corrected chi connectivity index (χ3v) is 2.59. The summed E-state index contributed by atoms with van der Waals surface area (Å²) in [6, 6.07) is 0. The van der Waals surface area contributed by atoms with Gasteiger partial charge in [-0.25, -0.2) is 0 Å². The van der Waals surface area contributed by atoms with Gasteiger partial charge in [0.1, 0.15) is 0 Å². The summed E-state index contributed by atoms with van der Waals surface area (Å²) in [4.78, 5) is 0. The van der Waals surface area contributed by atoms with Crippen LogP contribution in [0.3, 0.4) is 0 Å². The Kier molecular flexibility index (Phi) is 7.37. The second-order valence-electron chi connectivity index (χ2n) is 3.43. The molecule has 0 bridgehead atoms. The van der Waals surface area contributed by atoms with Crippen molar-refractivity contribution in [1.82, 2.24) is 0 Å². The molecule has 1 saturated heterocycles. The van der Waals surface area contributed by atoms with Crippen LogP contribution in [-0.4, -0.2) is 24.8 Å². The van der Waals surface area contributed by atoms with E-state index in [0.29, 0.717) is 0 Å². The first kappa shape index (κ1) is 12.2. The van der Waals surface area contributed by atoms with E-state index in [4.69, 9.17) is 9.47 Å². The molecule has 1 aliphatic heterocycles. The number of allylic oxidation sites excluding steroid dienone is 2. The molecule has 0 aliphatic carbocycles. The van der Waals surface area contributed by atoms with Crippen LogP contribution < -0.4 is 0 Å². The summed E-state index contributed by atoms with van der Waals surface area (Å²) in [7, 11) is 0. The summed E-state index contributed by atoms with van der Waals surface area (Å²) >= 11 is 3.34. The highest BCUT2D eigenvalue weighted by molar-refractivity contribution is 9.09. The van der Waals surface area contributed by atoms with Gasteiger partial charge in [-0.2, -0.15) is 0 Å². The first-order valence-corrected chi connectivity index (χ1v) is 6.50. The average molecular weight is 263 g/mol. The Bertz CT molecular complexity index is 153. The van der Waals surface area contributed by atoms with E-state index in [1.165, 1.54) is 12.8 Å². The van der Waals surface area contributed by atoms with Gasteiger partial charge in [-0.05, 0) is 32.1 Å². The Hall–Kier alpha value is 0.140. The topological polar surface area (TPSA) is 18.5 Å². The molecular formula is C11H19BrO2. The molecule has 3 heteroatoms. The van der Waals surface area contributed by atoms with Crippen LogP contribution in [0, 0.1) is 0 Å². The summed E-state index contributed by atoms with van der Waals surface area (Å²) in [5, 5.41) is 0.944. The van der Waals surface area contributed by atoms with Crippen LogP contribution in [0.4, 0.5) is 0 Å². The van der Waals surface area contributed by atoms with Gasteiger partial charge in [0.2, 0.25) is 0 Å². The quantitative estimate of drug-likeness (QED) is 0.416. The van der Waals surface area contributed by atoms with Gasteiger partial charge in [0.25, 0.3) is 0 Å². The Morgan fingerprint density at radius 3 is 3.00 bits per heavy atom. The molecule has 0 amide bonds. The Morgan fingerprint density at radius 1 is 1.36 bits per heavy atom. The van der Waals surface area contributed by atoms with Gasteiger partial charge >= 0.3 is 0 Å². The number of unbranched alkanes of at least 4 members (excludes halogenated alkanes) is 1. The zero-order valence-electron chi connectivity index (χ0n) is 8.58. The molecule has 1 fully saturated rings. The standard InChI is InChI=1S/C11H19BrO2/c12-8-4-1-2-5-9-13-11-7-3-6-10-14-11/h1,4,11H,2-3,5-10H2/b4-1+.